The van der Waals surface area contributed by atoms with Crippen molar-refractivity contribution in [3.63, 3.8) is 0 Å². The van der Waals surface area contributed by atoms with Crippen LogP contribution < -0.4 is 10.6 Å². The van der Waals surface area contributed by atoms with Crippen LogP contribution in [-0.4, -0.2) is 48.8 Å². The maximum atomic E-state index is 12.2. The van der Waals surface area contributed by atoms with E-state index in [2.05, 4.69) is 15.6 Å². The molecule has 142 valence electrons. The molecule has 2 aliphatic rings. The van der Waals surface area contributed by atoms with Gasteiger partial charge in [-0.15, -0.1) is 0 Å². The fraction of sp³-hybridized carbons (Fsp3) is 0.333. The van der Waals surface area contributed by atoms with Crippen LogP contribution in [0.4, 0.5) is 5.69 Å². The molecular formula is C18H19N3O4S2. The maximum absolute atomic E-state index is 12.2. The second-order valence-electron chi connectivity index (χ2n) is 6.52. The lowest BCUT2D eigenvalue weighted by Gasteiger charge is -2.08. The number of amides is 1. The molecule has 1 aromatic heterocycles. The Morgan fingerprint density at radius 3 is 2.74 bits per heavy atom. The van der Waals surface area contributed by atoms with Gasteiger partial charge in [0, 0.05) is 29.5 Å². The van der Waals surface area contributed by atoms with E-state index in [0.717, 1.165) is 16.6 Å². The Labute approximate surface area is 161 Å². The van der Waals surface area contributed by atoms with E-state index in [1.165, 1.54) is 11.8 Å². The molecule has 0 aliphatic carbocycles. The van der Waals surface area contributed by atoms with Crippen molar-refractivity contribution in [1.82, 2.24) is 5.32 Å². The van der Waals surface area contributed by atoms with Crippen LogP contribution in [0, 0.1) is 0 Å². The molecule has 27 heavy (non-hydrogen) atoms. The topological polar surface area (TPSA) is 101 Å². The lowest BCUT2D eigenvalue weighted by atomic mass is 10.2. The number of carbonyl (C=O) groups is 1. The van der Waals surface area contributed by atoms with Crippen molar-refractivity contribution in [3.05, 3.63) is 54.0 Å². The van der Waals surface area contributed by atoms with Gasteiger partial charge < -0.3 is 15.1 Å². The molecule has 1 saturated heterocycles. The fourth-order valence-corrected chi connectivity index (χ4v) is 6.78. The summed E-state index contributed by atoms with van der Waals surface area (Å²) in [4.78, 5) is 16.6. The first-order chi connectivity index (χ1) is 13.0. The van der Waals surface area contributed by atoms with Gasteiger partial charge in [0.05, 0.1) is 23.8 Å². The predicted molar refractivity (Wildman–Crippen MR) is 106 cm³/mol. The average molecular weight is 406 g/mol. The number of benzene rings is 1. The lowest BCUT2D eigenvalue weighted by molar-refractivity contribution is 0.0953. The molecule has 0 unspecified atom stereocenters. The van der Waals surface area contributed by atoms with Crippen molar-refractivity contribution in [1.29, 1.82) is 0 Å². The van der Waals surface area contributed by atoms with E-state index in [0.29, 0.717) is 18.5 Å². The Bertz CT molecular complexity index is 953. The number of rotatable bonds is 5. The summed E-state index contributed by atoms with van der Waals surface area (Å²) in [5, 5.41) is 6.80. The van der Waals surface area contributed by atoms with Gasteiger partial charge in [0.1, 0.15) is 5.76 Å². The van der Waals surface area contributed by atoms with Crippen molar-refractivity contribution in [2.45, 2.75) is 17.7 Å². The third-order valence-electron chi connectivity index (χ3n) is 4.45. The van der Waals surface area contributed by atoms with Crippen LogP contribution in [0.5, 0.6) is 0 Å². The number of amidine groups is 1. The summed E-state index contributed by atoms with van der Waals surface area (Å²) in [6, 6.07) is 10.7. The second-order valence-corrected chi connectivity index (χ2v) is 9.90. The molecule has 3 heterocycles. The van der Waals surface area contributed by atoms with Gasteiger partial charge in [-0.1, -0.05) is 11.8 Å². The van der Waals surface area contributed by atoms with Crippen molar-refractivity contribution < 1.29 is 17.6 Å². The van der Waals surface area contributed by atoms with Crippen LogP contribution in [-0.2, 0) is 16.3 Å². The number of fused-ring (bicyclic) bond motifs is 1. The lowest BCUT2D eigenvalue weighted by Crippen LogP contribution is -2.25. The minimum absolute atomic E-state index is 0.0108. The van der Waals surface area contributed by atoms with Gasteiger partial charge in [0.2, 0.25) is 0 Å². The van der Waals surface area contributed by atoms with Crippen LogP contribution >= 0.6 is 11.8 Å². The van der Waals surface area contributed by atoms with Crippen molar-refractivity contribution >= 4 is 38.4 Å². The smallest absolute Gasteiger partial charge is 0.251 e. The van der Waals surface area contributed by atoms with E-state index in [-0.39, 0.29) is 28.7 Å². The number of aliphatic imine (C=N–C) groups is 1. The van der Waals surface area contributed by atoms with Gasteiger partial charge in [-0.3, -0.25) is 9.79 Å². The highest BCUT2D eigenvalue weighted by atomic mass is 32.2. The van der Waals surface area contributed by atoms with Crippen LogP contribution in [0.1, 0.15) is 16.1 Å². The number of nitrogens with one attached hydrogen (secondary N) is 2. The molecule has 1 aromatic carbocycles. The Balaban J connectivity index is 1.29. The molecule has 0 saturated carbocycles. The molecule has 2 atom stereocenters. The zero-order chi connectivity index (χ0) is 18.9. The molecule has 1 amide bonds. The molecule has 0 radical (unpaired) electrons. The first-order valence-corrected chi connectivity index (χ1v) is 11.3. The van der Waals surface area contributed by atoms with E-state index in [4.69, 9.17) is 4.42 Å². The number of thioether (sulfide) groups is 1. The number of sulfone groups is 1. The van der Waals surface area contributed by atoms with E-state index >= 15 is 0 Å². The number of hydrogen-bond acceptors (Lipinski definition) is 7. The molecule has 9 heteroatoms. The average Bonchev–Trinajstić information content (AvgIpc) is 3.31. The summed E-state index contributed by atoms with van der Waals surface area (Å²) in [5.74, 6) is 1.02. The molecular weight excluding hydrogens is 386 g/mol. The quantitative estimate of drug-likeness (QED) is 0.788. The Kier molecular flexibility index (Phi) is 4.96. The molecule has 4 rings (SSSR count). The molecule has 0 spiro atoms. The Morgan fingerprint density at radius 2 is 2.04 bits per heavy atom. The van der Waals surface area contributed by atoms with Crippen LogP contribution in [0.2, 0.25) is 0 Å². The minimum atomic E-state index is -2.95. The Morgan fingerprint density at radius 1 is 1.22 bits per heavy atom. The van der Waals surface area contributed by atoms with E-state index < -0.39 is 9.84 Å². The maximum Gasteiger partial charge on any atom is 0.251 e. The highest BCUT2D eigenvalue weighted by Crippen LogP contribution is 2.34. The first-order valence-electron chi connectivity index (χ1n) is 8.61. The van der Waals surface area contributed by atoms with Crippen LogP contribution in [0.3, 0.4) is 0 Å². The van der Waals surface area contributed by atoms with Crippen molar-refractivity contribution in [3.8, 4) is 0 Å². The Hall–Kier alpha value is -2.26. The largest absolute Gasteiger partial charge is 0.469 e. The van der Waals surface area contributed by atoms with E-state index in [9.17, 15) is 13.2 Å². The number of carbonyl (C=O) groups excluding carboxylic acids is 1. The standard InChI is InChI=1S/C18H19N3O4S2/c22-17(19-8-7-14-2-1-9-25-14)12-3-5-13(6-4-12)20-18-21-15-10-27(23,24)11-16(15)26-18/h1-6,9,15-16H,7-8,10-11H2,(H,19,22)(H,20,21)/t15-,16-/m0/s1. The van der Waals surface area contributed by atoms with Crippen molar-refractivity contribution in [2.24, 2.45) is 4.99 Å². The van der Waals surface area contributed by atoms with E-state index in [1.54, 1.807) is 18.4 Å². The summed E-state index contributed by atoms with van der Waals surface area (Å²) >= 11 is 1.47. The molecule has 1 fully saturated rings. The summed E-state index contributed by atoms with van der Waals surface area (Å²) in [7, 11) is -2.95. The fourth-order valence-electron chi connectivity index (χ4n) is 3.10. The van der Waals surface area contributed by atoms with Crippen LogP contribution in [0.15, 0.2) is 52.1 Å². The summed E-state index contributed by atoms with van der Waals surface area (Å²) in [6.45, 7) is 0.505. The zero-order valence-corrected chi connectivity index (χ0v) is 16.1. The second kappa shape index (κ2) is 7.40. The molecule has 2 aliphatic heterocycles. The molecule has 7 nitrogen and oxygen atoms in total. The molecule has 2 aromatic rings. The molecule has 2 N–H and O–H groups in total. The van der Waals surface area contributed by atoms with E-state index in [1.807, 2.05) is 24.3 Å². The monoisotopic (exact) mass is 405 g/mol. The van der Waals surface area contributed by atoms with Gasteiger partial charge in [-0.25, -0.2) is 8.42 Å². The number of anilines is 1. The number of nitrogens with zero attached hydrogens (tertiary/aromatic N) is 1. The van der Waals surface area contributed by atoms with Gasteiger partial charge in [-0.2, -0.15) is 0 Å². The summed E-state index contributed by atoms with van der Waals surface area (Å²) in [6.07, 6.45) is 2.26. The number of furan rings is 1. The summed E-state index contributed by atoms with van der Waals surface area (Å²) < 4.78 is 28.4. The summed E-state index contributed by atoms with van der Waals surface area (Å²) in [5.41, 5.74) is 1.39. The number of hydrogen-bond donors (Lipinski definition) is 2. The van der Waals surface area contributed by atoms with Gasteiger partial charge in [0.25, 0.3) is 5.91 Å². The van der Waals surface area contributed by atoms with Gasteiger partial charge in [-0.05, 0) is 36.4 Å². The zero-order valence-electron chi connectivity index (χ0n) is 14.4. The third-order valence-corrected chi connectivity index (χ3v) is 7.60. The third kappa shape index (κ3) is 4.36. The van der Waals surface area contributed by atoms with Crippen LogP contribution in [0.25, 0.3) is 0 Å². The highest BCUT2D eigenvalue weighted by Gasteiger charge is 2.42. The molecule has 0 bridgehead atoms. The van der Waals surface area contributed by atoms with Crippen molar-refractivity contribution in [2.75, 3.05) is 23.4 Å². The first kappa shape index (κ1) is 18.1. The van der Waals surface area contributed by atoms with Gasteiger partial charge >= 0.3 is 0 Å². The minimum Gasteiger partial charge on any atom is -0.469 e. The normalized spacial score (nSPS) is 22.9. The predicted octanol–water partition coefficient (Wildman–Crippen LogP) is 1.93. The van der Waals surface area contributed by atoms with Gasteiger partial charge in [0.15, 0.2) is 15.0 Å². The highest BCUT2D eigenvalue weighted by molar-refractivity contribution is 8.15. The SMILES string of the molecule is O=C(NCCc1ccco1)c1ccc(NC2=N[C@H]3CS(=O)(=O)C[C@@H]3S2)cc1.